The topological polar surface area (TPSA) is 35.5 Å². The maximum Gasteiger partial charge on any atom is 0.311 e. The molecule has 0 saturated carbocycles. The van der Waals surface area contributed by atoms with Crippen molar-refractivity contribution in [2.45, 2.75) is 45.1 Å². The zero-order valence-corrected chi connectivity index (χ0v) is 12.2. The van der Waals surface area contributed by atoms with Crippen LogP contribution in [-0.2, 0) is 16.0 Å². The second-order valence-corrected chi connectivity index (χ2v) is 4.67. The molecule has 0 radical (unpaired) electrons. The second-order valence-electron chi connectivity index (χ2n) is 4.67. The Labute approximate surface area is 121 Å². The van der Waals surface area contributed by atoms with E-state index in [9.17, 15) is 4.79 Å². The summed E-state index contributed by atoms with van der Waals surface area (Å²) in [5.41, 5.74) is 0.889. The van der Waals surface area contributed by atoms with Crippen molar-refractivity contribution in [1.82, 2.24) is 0 Å². The van der Waals surface area contributed by atoms with Gasteiger partial charge in [-0.25, -0.2) is 0 Å². The van der Waals surface area contributed by atoms with Gasteiger partial charge in [-0.1, -0.05) is 37.8 Å². The number of hydrogen-bond donors (Lipinski definition) is 0. The van der Waals surface area contributed by atoms with Gasteiger partial charge in [0.1, 0.15) is 5.75 Å². The number of hydrogen-bond acceptors (Lipinski definition) is 3. The van der Waals surface area contributed by atoms with Crippen LogP contribution >= 0.6 is 0 Å². The van der Waals surface area contributed by atoms with Gasteiger partial charge in [0.15, 0.2) is 6.10 Å². The number of unbranched alkanes of at least 4 members (excludes halogenated alkanes) is 2. The number of rotatable bonds is 8. The Hall–Kier alpha value is -1.95. The van der Waals surface area contributed by atoms with E-state index in [1.54, 1.807) is 7.11 Å². The molecule has 3 heteroatoms. The number of esters is 1. The van der Waals surface area contributed by atoms with Crippen LogP contribution in [-0.4, -0.2) is 19.2 Å². The van der Waals surface area contributed by atoms with Crippen molar-refractivity contribution in [3.05, 3.63) is 29.8 Å². The number of terminal acetylenes is 1. The Morgan fingerprint density at radius 1 is 1.30 bits per heavy atom. The van der Waals surface area contributed by atoms with Crippen molar-refractivity contribution in [3.63, 3.8) is 0 Å². The molecule has 0 heterocycles. The summed E-state index contributed by atoms with van der Waals surface area (Å²) in [5.74, 6) is 3.02. The number of ether oxygens (including phenoxy) is 2. The molecular formula is C17H22O3. The van der Waals surface area contributed by atoms with E-state index in [-0.39, 0.29) is 12.4 Å². The van der Waals surface area contributed by atoms with Crippen LogP contribution in [0.2, 0.25) is 0 Å². The van der Waals surface area contributed by atoms with Crippen LogP contribution in [0.25, 0.3) is 0 Å². The Morgan fingerprint density at radius 2 is 2.00 bits per heavy atom. The van der Waals surface area contributed by atoms with Crippen LogP contribution in [0.3, 0.4) is 0 Å². The third-order valence-corrected chi connectivity index (χ3v) is 3.04. The average molecular weight is 274 g/mol. The lowest BCUT2D eigenvalue weighted by Crippen LogP contribution is -2.18. The SMILES string of the molecule is C#C[C@@H](CCCCC)OC(=O)Cc1ccc(OC)cc1. The van der Waals surface area contributed by atoms with Crippen LogP contribution in [0.1, 0.15) is 38.2 Å². The first-order valence-electron chi connectivity index (χ1n) is 6.98. The molecule has 0 amide bonds. The van der Waals surface area contributed by atoms with E-state index >= 15 is 0 Å². The monoisotopic (exact) mass is 274 g/mol. The third kappa shape index (κ3) is 5.79. The molecule has 20 heavy (non-hydrogen) atoms. The maximum atomic E-state index is 11.8. The molecule has 0 fully saturated rings. The summed E-state index contributed by atoms with van der Waals surface area (Å²) in [5, 5.41) is 0. The van der Waals surface area contributed by atoms with Gasteiger partial charge in [-0.15, -0.1) is 6.42 Å². The number of carbonyl (C=O) groups excluding carboxylic acids is 1. The van der Waals surface area contributed by atoms with E-state index in [1.807, 2.05) is 24.3 Å². The van der Waals surface area contributed by atoms with Crippen molar-refractivity contribution in [2.24, 2.45) is 0 Å². The zero-order chi connectivity index (χ0) is 14.8. The zero-order valence-electron chi connectivity index (χ0n) is 12.2. The van der Waals surface area contributed by atoms with Crippen molar-refractivity contribution in [2.75, 3.05) is 7.11 Å². The van der Waals surface area contributed by atoms with E-state index in [4.69, 9.17) is 15.9 Å². The third-order valence-electron chi connectivity index (χ3n) is 3.04. The van der Waals surface area contributed by atoms with E-state index in [0.717, 1.165) is 37.0 Å². The summed E-state index contributed by atoms with van der Waals surface area (Å²) < 4.78 is 10.4. The Bertz CT molecular complexity index is 442. The normalized spacial score (nSPS) is 11.4. The number of methoxy groups -OCH3 is 1. The molecule has 0 unspecified atom stereocenters. The first-order chi connectivity index (χ1) is 9.69. The minimum atomic E-state index is -0.410. The van der Waals surface area contributed by atoms with Gasteiger partial charge in [-0.05, 0) is 30.5 Å². The Kier molecular flexibility index (Phi) is 7.27. The fraction of sp³-hybridized carbons (Fsp3) is 0.471. The van der Waals surface area contributed by atoms with Gasteiger partial charge in [0.25, 0.3) is 0 Å². The highest BCUT2D eigenvalue weighted by molar-refractivity contribution is 5.73. The molecule has 1 aromatic carbocycles. The fourth-order valence-electron chi connectivity index (χ4n) is 1.87. The van der Waals surface area contributed by atoms with Gasteiger partial charge in [-0.2, -0.15) is 0 Å². The minimum Gasteiger partial charge on any atom is -0.497 e. The highest BCUT2D eigenvalue weighted by Crippen LogP contribution is 2.13. The summed E-state index contributed by atoms with van der Waals surface area (Å²) in [6.07, 6.45) is 9.16. The van der Waals surface area contributed by atoms with Gasteiger partial charge < -0.3 is 9.47 Å². The van der Waals surface area contributed by atoms with Gasteiger partial charge in [0, 0.05) is 0 Å². The van der Waals surface area contributed by atoms with E-state index in [2.05, 4.69) is 12.8 Å². The van der Waals surface area contributed by atoms with Crippen molar-refractivity contribution < 1.29 is 14.3 Å². The van der Waals surface area contributed by atoms with Crippen LogP contribution in [0.4, 0.5) is 0 Å². The van der Waals surface area contributed by atoms with Gasteiger partial charge >= 0.3 is 5.97 Å². The fourth-order valence-corrected chi connectivity index (χ4v) is 1.87. The maximum absolute atomic E-state index is 11.8. The highest BCUT2D eigenvalue weighted by Gasteiger charge is 2.12. The highest BCUT2D eigenvalue weighted by atomic mass is 16.5. The molecule has 3 nitrogen and oxygen atoms in total. The molecule has 0 spiro atoms. The van der Waals surface area contributed by atoms with Crippen molar-refractivity contribution in [3.8, 4) is 18.1 Å². The number of carbonyl (C=O) groups is 1. The Morgan fingerprint density at radius 3 is 2.55 bits per heavy atom. The van der Waals surface area contributed by atoms with Crippen LogP contribution in [0.15, 0.2) is 24.3 Å². The van der Waals surface area contributed by atoms with Crippen LogP contribution in [0, 0.1) is 12.3 Å². The van der Waals surface area contributed by atoms with Crippen molar-refractivity contribution in [1.29, 1.82) is 0 Å². The van der Waals surface area contributed by atoms with E-state index < -0.39 is 6.10 Å². The molecule has 1 rings (SSSR count). The van der Waals surface area contributed by atoms with E-state index in [1.165, 1.54) is 0 Å². The molecule has 1 atom stereocenters. The second kappa shape index (κ2) is 9.03. The molecule has 1 aromatic rings. The molecule has 0 aliphatic heterocycles. The van der Waals surface area contributed by atoms with Crippen LogP contribution < -0.4 is 4.74 Å². The lowest BCUT2D eigenvalue weighted by molar-refractivity contribution is -0.145. The lowest BCUT2D eigenvalue weighted by Gasteiger charge is -2.12. The molecule has 0 aliphatic rings. The molecule has 0 N–H and O–H groups in total. The van der Waals surface area contributed by atoms with Gasteiger partial charge in [0.2, 0.25) is 0 Å². The summed E-state index contributed by atoms with van der Waals surface area (Å²) >= 11 is 0. The Balaban J connectivity index is 2.42. The predicted octanol–water partition coefficient (Wildman–Crippen LogP) is 3.36. The van der Waals surface area contributed by atoms with Crippen LogP contribution in [0.5, 0.6) is 5.75 Å². The molecule has 0 bridgehead atoms. The standard InChI is InChI=1S/C17H22O3/c1-4-6-7-8-15(5-2)20-17(18)13-14-9-11-16(19-3)12-10-14/h2,9-12,15H,4,6-8,13H2,1,3H3/t15-/m0/s1. The largest absolute Gasteiger partial charge is 0.497 e. The first kappa shape index (κ1) is 16.1. The summed E-state index contributed by atoms with van der Waals surface area (Å²) in [7, 11) is 1.61. The average Bonchev–Trinajstić information content (AvgIpc) is 2.47. The first-order valence-corrected chi connectivity index (χ1v) is 6.98. The quantitative estimate of drug-likeness (QED) is 0.414. The van der Waals surface area contributed by atoms with Crippen molar-refractivity contribution >= 4 is 5.97 Å². The molecule has 0 saturated heterocycles. The number of benzene rings is 1. The van der Waals surface area contributed by atoms with E-state index in [0.29, 0.717) is 0 Å². The minimum absolute atomic E-state index is 0.232. The molecule has 0 aromatic heterocycles. The summed E-state index contributed by atoms with van der Waals surface area (Å²) in [6, 6.07) is 7.34. The lowest BCUT2D eigenvalue weighted by atomic mass is 10.1. The summed E-state index contributed by atoms with van der Waals surface area (Å²) in [6.45, 7) is 2.13. The predicted molar refractivity (Wildman–Crippen MR) is 79.6 cm³/mol. The van der Waals surface area contributed by atoms with Gasteiger partial charge in [-0.3, -0.25) is 4.79 Å². The smallest absolute Gasteiger partial charge is 0.311 e. The molecular weight excluding hydrogens is 252 g/mol. The van der Waals surface area contributed by atoms with Gasteiger partial charge in [0.05, 0.1) is 13.5 Å². The molecule has 0 aliphatic carbocycles. The summed E-state index contributed by atoms with van der Waals surface area (Å²) in [4.78, 5) is 11.8. The molecule has 108 valence electrons.